The van der Waals surface area contributed by atoms with Crippen molar-refractivity contribution in [1.29, 1.82) is 0 Å². The number of rotatable bonds is 8. The Hall–Kier alpha value is -6.88. The molecule has 0 spiro atoms. The van der Waals surface area contributed by atoms with Gasteiger partial charge in [0.1, 0.15) is 35.7 Å². The second-order valence-electron chi connectivity index (χ2n) is 22.4. The van der Waals surface area contributed by atoms with Crippen LogP contribution in [0.1, 0.15) is 101 Å². The summed E-state index contributed by atoms with van der Waals surface area (Å²) in [5, 5.41) is 16.1. The first-order chi connectivity index (χ1) is 40.0. The highest BCUT2D eigenvalue weighted by Gasteiger charge is 2.50. The molecule has 8 bridgehead atoms. The highest BCUT2D eigenvalue weighted by Crippen LogP contribution is 2.35. The molecule has 3 N–H and O–H groups in total. The summed E-state index contributed by atoms with van der Waals surface area (Å²) >= 11 is 0. The first-order valence-corrected chi connectivity index (χ1v) is 32.0. The standard InChI is InChI=1S/C31H39N3O7S.C30H37N3O7S/c1-40-31(37)27-20-24-21-33(27)30(36)29(23-11-4-2-5-12-23)32-28(35)19-22-10-8-13-25(18-22)41-17-9-16-34(24)42(38,39)26-14-6-3-7-15-26;34-27-18-21-9-7-12-24(17-21)40-16-8-15-33(41(38,39)25-13-5-2-6-14-25)23-19-26(30(36)37)32(20-23)29(35)28(31-27)22-10-3-1-4-11-22/h3,6-8,10,13-15,18,23-24,27,29H,2,4-5,9,11-12,16-17,19-21H2,1H3,(H,32,35);2,5-7,9,12-14,17,22-23,26,28H,1,3-4,8,10-11,15-16,18-20H2,(H,31,34)(H,36,37)/t24-,27+,29+;23-,26+,28+/m11/s1. The molecule has 83 heavy (non-hydrogen) atoms. The quantitative estimate of drug-likeness (QED) is 0.178. The van der Waals surface area contributed by atoms with Gasteiger partial charge in [0.25, 0.3) is 0 Å². The Labute approximate surface area is 486 Å². The van der Waals surface area contributed by atoms with Crippen molar-refractivity contribution in [2.75, 3.05) is 46.5 Å². The fourth-order valence-electron chi connectivity index (χ4n) is 12.8. The molecule has 446 valence electrons. The van der Waals surface area contributed by atoms with Crippen LogP contribution in [0.25, 0.3) is 0 Å². The second kappa shape index (κ2) is 27.7. The molecule has 0 radical (unpaired) electrons. The van der Waals surface area contributed by atoms with E-state index in [-0.39, 0.29) is 104 Å². The molecule has 0 aromatic heterocycles. The number of nitrogens with one attached hydrogen (secondary N) is 2. The number of esters is 1. The molecule has 6 atom stereocenters. The molecule has 4 fully saturated rings. The van der Waals surface area contributed by atoms with Gasteiger partial charge in [-0.05, 0) is 123 Å². The van der Waals surface area contributed by atoms with E-state index in [4.69, 9.17) is 14.2 Å². The number of nitrogens with zero attached hydrogens (tertiary/aromatic N) is 4. The third-order valence-corrected chi connectivity index (χ3v) is 20.8. The third kappa shape index (κ3) is 14.7. The van der Waals surface area contributed by atoms with Crippen molar-refractivity contribution >= 4 is 55.6 Å². The van der Waals surface area contributed by atoms with E-state index in [2.05, 4.69) is 10.6 Å². The number of fused-ring (bicyclic) bond motifs is 8. The van der Waals surface area contributed by atoms with Crippen LogP contribution in [0, 0.1) is 11.8 Å². The number of hydrogen-bond donors (Lipinski definition) is 3. The molecule has 6 aliphatic rings. The number of carbonyl (C=O) groups is 6. The van der Waals surface area contributed by atoms with Crippen LogP contribution in [0.15, 0.2) is 119 Å². The van der Waals surface area contributed by atoms with Crippen molar-refractivity contribution in [1.82, 2.24) is 29.0 Å². The van der Waals surface area contributed by atoms with E-state index in [1.807, 2.05) is 18.2 Å². The lowest BCUT2D eigenvalue weighted by Gasteiger charge is -2.34. The Morgan fingerprint density at radius 3 is 1.36 bits per heavy atom. The van der Waals surface area contributed by atoms with E-state index in [1.165, 1.54) is 37.7 Å². The number of carboxylic acids is 1. The van der Waals surface area contributed by atoms with Gasteiger partial charge in [-0.2, -0.15) is 8.61 Å². The van der Waals surface area contributed by atoms with Gasteiger partial charge in [0.05, 0.1) is 43.0 Å². The van der Waals surface area contributed by atoms with Crippen molar-refractivity contribution < 1.29 is 64.9 Å². The lowest BCUT2D eigenvalue weighted by Crippen LogP contribution is -2.55. The zero-order valence-corrected chi connectivity index (χ0v) is 48.6. The molecule has 22 heteroatoms. The van der Waals surface area contributed by atoms with Crippen LogP contribution in [-0.2, 0) is 66.4 Å². The monoisotopic (exact) mass is 1180 g/mol. The summed E-state index contributed by atoms with van der Waals surface area (Å²) in [6, 6.07) is 25.3. The van der Waals surface area contributed by atoms with Crippen LogP contribution in [-0.4, -0.2) is 159 Å². The van der Waals surface area contributed by atoms with Gasteiger partial charge in [-0.1, -0.05) is 99.2 Å². The molecule has 20 nitrogen and oxygen atoms in total. The zero-order chi connectivity index (χ0) is 58.7. The molecule has 4 amide bonds. The van der Waals surface area contributed by atoms with Crippen molar-refractivity contribution in [3.05, 3.63) is 120 Å². The van der Waals surface area contributed by atoms with Gasteiger partial charge in [0, 0.05) is 38.3 Å². The minimum atomic E-state index is -4.00. The van der Waals surface area contributed by atoms with Crippen molar-refractivity contribution in [3.63, 3.8) is 0 Å². The van der Waals surface area contributed by atoms with E-state index in [0.29, 0.717) is 24.3 Å². The van der Waals surface area contributed by atoms with Crippen molar-refractivity contribution in [3.8, 4) is 11.5 Å². The first-order valence-electron chi connectivity index (χ1n) is 29.1. The van der Waals surface area contributed by atoms with Gasteiger partial charge >= 0.3 is 11.9 Å². The van der Waals surface area contributed by atoms with Crippen LogP contribution in [0.5, 0.6) is 11.5 Å². The van der Waals surface area contributed by atoms with Gasteiger partial charge < -0.3 is 39.8 Å². The number of sulfonamides is 2. The number of amides is 4. The Kier molecular flexibility index (Phi) is 20.2. The maximum absolute atomic E-state index is 14.3. The van der Waals surface area contributed by atoms with Gasteiger partial charge in [-0.15, -0.1) is 0 Å². The van der Waals surface area contributed by atoms with E-state index < -0.39 is 74.1 Å². The molecule has 2 aliphatic carbocycles. The molecule has 10 rings (SSSR count). The van der Waals surface area contributed by atoms with Crippen LogP contribution in [0.3, 0.4) is 0 Å². The Morgan fingerprint density at radius 1 is 0.542 bits per heavy atom. The summed E-state index contributed by atoms with van der Waals surface area (Å²) in [6.07, 6.45) is 9.89. The van der Waals surface area contributed by atoms with Gasteiger partial charge in [0.2, 0.25) is 43.7 Å². The average Bonchev–Trinajstić information content (AvgIpc) is 4.26. The highest BCUT2D eigenvalue weighted by molar-refractivity contribution is 7.89. The van der Waals surface area contributed by atoms with E-state index in [1.54, 1.807) is 78.9 Å². The predicted octanol–water partition coefficient (Wildman–Crippen LogP) is 5.73. The Bertz CT molecular complexity index is 3160. The molecular weight excluding hydrogens is 1100 g/mol. The van der Waals surface area contributed by atoms with E-state index in [9.17, 15) is 50.7 Å². The molecular formula is C61H76N6O14S2. The largest absolute Gasteiger partial charge is 0.494 e. The van der Waals surface area contributed by atoms with Crippen LogP contribution in [0.2, 0.25) is 0 Å². The second-order valence-corrected chi connectivity index (χ2v) is 26.2. The topological polar surface area (TPSA) is 256 Å². The number of aliphatic carboxylic acids is 1. The third-order valence-electron chi connectivity index (χ3n) is 16.9. The van der Waals surface area contributed by atoms with Crippen molar-refractivity contribution in [2.24, 2.45) is 11.8 Å². The SMILES string of the molecule is COC(=O)[C@@H]1C[C@@H]2CN1C(=O)[C@H](C1CCCCC1)NC(=O)Cc1cccc(c1)OCCCN2S(=O)(=O)c1ccccc1.O=C1Cc2cccc(c2)OCCCN(S(=O)(=O)c2ccccc2)[C@@H]2C[C@@H](C(=O)O)N(C2)C(=O)[C@H](C2CCCCC2)N1. The van der Waals surface area contributed by atoms with Crippen LogP contribution in [0.4, 0.5) is 0 Å². The summed E-state index contributed by atoms with van der Waals surface area (Å²) in [6.45, 7) is 0.650. The highest BCUT2D eigenvalue weighted by atomic mass is 32.2. The van der Waals surface area contributed by atoms with Gasteiger partial charge in [-0.3, -0.25) is 19.2 Å². The number of hydrogen-bond acceptors (Lipinski definition) is 13. The smallest absolute Gasteiger partial charge is 0.328 e. The van der Waals surface area contributed by atoms with Crippen LogP contribution >= 0.6 is 0 Å². The predicted molar refractivity (Wildman–Crippen MR) is 306 cm³/mol. The summed E-state index contributed by atoms with van der Waals surface area (Å²) in [7, 11) is -6.71. The Balaban J connectivity index is 0.000000200. The fraction of sp³-hybridized carbons (Fsp3) is 0.508. The Morgan fingerprint density at radius 2 is 0.952 bits per heavy atom. The molecule has 2 saturated heterocycles. The lowest BCUT2D eigenvalue weighted by atomic mass is 9.83. The summed E-state index contributed by atoms with van der Waals surface area (Å²) < 4.78 is 75.3. The molecule has 4 aliphatic heterocycles. The molecule has 0 unspecified atom stereocenters. The minimum Gasteiger partial charge on any atom is -0.494 e. The maximum Gasteiger partial charge on any atom is 0.328 e. The zero-order valence-electron chi connectivity index (χ0n) is 46.9. The van der Waals surface area contributed by atoms with Gasteiger partial charge in [-0.25, -0.2) is 26.4 Å². The van der Waals surface area contributed by atoms with Gasteiger partial charge in [0.15, 0.2) is 0 Å². The van der Waals surface area contributed by atoms with Crippen molar-refractivity contribution in [2.45, 2.75) is 149 Å². The summed E-state index contributed by atoms with van der Waals surface area (Å²) in [4.78, 5) is 83.3. The number of carboxylic acid groups (broad SMARTS) is 1. The van der Waals surface area contributed by atoms with E-state index >= 15 is 0 Å². The molecule has 4 aromatic rings. The number of ether oxygens (including phenoxy) is 3. The maximum atomic E-state index is 14.3. The molecule has 2 saturated carbocycles. The average molecular weight is 1180 g/mol. The normalized spacial score (nSPS) is 25.2. The summed E-state index contributed by atoms with van der Waals surface area (Å²) in [5.74, 6) is -2.28. The number of methoxy groups -OCH3 is 1. The fourth-order valence-corrected chi connectivity index (χ4v) is 16.1. The number of carbonyl (C=O) groups excluding carboxylic acids is 5. The van der Waals surface area contributed by atoms with Crippen LogP contribution < -0.4 is 20.1 Å². The lowest BCUT2D eigenvalue weighted by molar-refractivity contribution is -0.152. The number of benzene rings is 4. The summed E-state index contributed by atoms with van der Waals surface area (Å²) in [5.41, 5.74) is 1.47. The minimum absolute atomic E-state index is 0.0175. The molecule has 4 aromatic carbocycles. The first kappa shape index (κ1) is 60.7. The molecule has 4 heterocycles. The van der Waals surface area contributed by atoms with E-state index in [0.717, 1.165) is 75.3 Å².